The lowest BCUT2D eigenvalue weighted by molar-refractivity contribution is -0.135. The second kappa shape index (κ2) is 33.8. The summed E-state index contributed by atoms with van der Waals surface area (Å²) in [6.45, 7) is 30.1. The fourth-order valence-corrected chi connectivity index (χ4v) is 6.73. The maximum absolute atomic E-state index is 11.8. The molecular weight excluding hydrogens is 871 g/mol. The Morgan fingerprint density at radius 3 is 1.32 bits per heavy atom. The van der Waals surface area contributed by atoms with Crippen LogP contribution in [-0.4, -0.2) is 199 Å². The van der Waals surface area contributed by atoms with E-state index >= 15 is 0 Å². The van der Waals surface area contributed by atoms with Crippen LogP contribution in [0.2, 0.25) is 0 Å². The molecule has 4 rings (SSSR count). The van der Waals surface area contributed by atoms with E-state index in [0.29, 0.717) is 64.5 Å². The Morgan fingerprint density at radius 1 is 0.529 bits per heavy atom. The molecule has 0 spiro atoms. The summed E-state index contributed by atoms with van der Waals surface area (Å²) in [5.41, 5.74) is 0.696. The topological polar surface area (TPSA) is 216 Å². The van der Waals surface area contributed by atoms with E-state index in [1.165, 1.54) is 24.3 Å². The first-order valence-electron chi connectivity index (χ1n) is 23.9. The van der Waals surface area contributed by atoms with Crippen molar-refractivity contribution in [2.24, 2.45) is 0 Å². The first-order chi connectivity index (χ1) is 32.1. The summed E-state index contributed by atoms with van der Waals surface area (Å²) in [4.78, 5) is 103. The van der Waals surface area contributed by atoms with Crippen LogP contribution in [0.5, 0.6) is 0 Å². The Bertz CT molecular complexity index is 1760. The smallest absolute Gasteiger partial charge is 0.243 e. The molecule has 68 heavy (non-hydrogen) atoms. The predicted octanol–water partition coefficient (Wildman–Crippen LogP) is 1.16. The van der Waals surface area contributed by atoms with Crippen LogP contribution >= 0.6 is 0 Å². The molecular formula is C49H83N11O8. The summed E-state index contributed by atoms with van der Waals surface area (Å²) in [6, 6.07) is 0.552. The molecule has 4 fully saturated rings. The molecule has 0 unspecified atom stereocenters. The number of piperazine rings is 3. The van der Waals surface area contributed by atoms with Gasteiger partial charge in [0.25, 0.3) is 0 Å². The molecule has 0 aromatic rings. The van der Waals surface area contributed by atoms with Gasteiger partial charge in [0.1, 0.15) is 0 Å². The van der Waals surface area contributed by atoms with Gasteiger partial charge >= 0.3 is 0 Å². The third-order valence-electron chi connectivity index (χ3n) is 10.0. The fraction of sp³-hybridized carbons (Fsp3) is 0.633. The Morgan fingerprint density at radius 2 is 0.941 bits per heavy atom. The molecule has 0 bridgehead atoms. The number of carbonyl (C=O) groups excluding carboxylic acids is 8. The molecule has 0 atom stereocenters. The highest BCUT2D eigenvalue weighted by molar-refractivity contribution is 5.89. The highest BCUT2D eigenvalue weighted by atomic mass is 16.2. The maximum Gasteiger partial charge on any atom is 0.243 e. The van der Waals surface area contributed by atoms with E-state index in [1.54, 1.807) is 39.0 Å². The molecule has 4 heterocycles. The van der Waals surface area contributed by atoms with Gasteiger partial charge in [-0.15, -0.1) is 0 Å². The normalized spacial score (nSPS) is 17.7. The zero-order valence-electron chi connectivity index (χ0n) is 42.6. The molecule has 382 valence electrons. The standard InChI is InChI=1S/C13H23N3O2.C12H19N3O2.C12H21N3O2.C12H20N2O2/c1-4-15-8-9-16(13(18)10-15)7-5-6-12(17)14-11(2)3;1-9(2)13-11(16)5-4-6-15-7-10(3)14-12(17)8-15;1-10(2)13-11(16)5-4-6-15-8-7-14(3)9-12(15)17;1-10(2)13-11(15)6-5-9-14-8-4-3-7-12(14)16/h5-6,11H,4,7-10H2,1-3H3,(H,14,17);4-5,9H,3,6-8H2,1-2H3,(H,13,16)(H,14,17);4-5,10H,6-9H2,1-3H3,(H,13,16);5-6,10H,3-4,7-9H2,1-2H3,(H,13,15)/b6-5+;2*5-4+;6-5+. The number of amides is 8. The minimum atomic E-state index is -0.111. The van der Waals surface area contributed by atoms with Crippen molar-refractivity contribution >= 4 is 47.3 Å². The van der Waals surface area contributed by atoms with Crippen LogP contribution in [0.3, 0.4) is 0 Å². The number of likely N-dealkylation sites (tertiary alicyclic amines) is 1. The van der Waals surface area contributed by atoms with Crippen LogP contribution in [0, 0.1) is 0 Å². The lowest BCUT2D eigenvalue weighted by atomic mass is 10.1. The Kier molecular flexibility index (Phi) is 30.0. The van der Waals surface area contributed by atoms with Crippen LogP contribution in [0.1, 0.15) is 81.6 Å². The van der Waals surface area contributed by atoms with Crippen LogP contribution in [0.25, 0.3) is 0 Å². The van der Waals surface area contributed by atoms with Gasteiger partial charge < -0.3 is 41.3 Å². The van der Waals surface area contributed by atoms with Crippen molar-refractivity contribution < 1.29 is 38.4 Å². The molecule has 5 N–H and O–H groups in total. The van der Waals surface area contributed by atoms with Crippen molar-refractivity contribution in [3.8, 4) is 0 Å². The van der Waals surface area contributed by atoms with Crippen molar-refractivity contribution in [3.05, 3.63) is 60.9 Å². The average molecular weight is 954 g/mol. The zero-order valence-corrected chi connectivity index (χ0v) is 42.6. The van der Waals surface area contributed by atoms with E-state index in [2.05, 4.69) is 45.0 Å². The second-order valence-corrected chi connectivity index (χ2v) is 18.2. The molecule has 4 aliphatic heterocycles. The van der Waals surface area contributed by atoms with Crippen molar-refractivity contribution in [2.75, 3.05) is 98.7 Å². The summed E-state index contributed by atoms with van der Waals surface area (Å²) < 4.78 is 0. The predicted molar refractivity (Wildman–Crippen MR) is 267 cm³/mol. The van der Waals surface area contributed by atoms with E-state index < -0.39 is 0 Å². The highest BCUT2D eigenvalue weighted by Gasteiger charge is 2.22. The molecule has 0 aromatic heterocycles. The first-order valence-corrected chi connectivity index (χ1v) is 23.9. The summed E-state index contributed by atoms with van der Waals surface area (Å²) in [5.74, 6) is -0.0305. The number of carbonyl (C=O) groups is 8. The summed E-state index contributed by atoms with van der Waals surface area (Å²) in [5, 5.41) is 13.7. The number of likely N-dealkylation sites (N-methyl/N-ethyl adjacent to an activating group) is 2. The van der Waals surface area contributed by atoms with Crippen LogP contribution in [0.15, 0.2) is 60.9 Å². The van der Waals surface area contributed by atoms with Gasteiger partial charge in [-0.1, -0.05) is 37.8 Å². The van der Waals surface area contributed by atoms with Crippen molar-refractivity contribution in [1.29, 1.82) is 0 Å². The molecule has 4 aliphatic rings. The quantitative estimate of drug-likeness (QED) is 0.131. The van der Waals surface area contributed by atoms with Crippen LogP contribution in [-0.2, 0) is 38.4 Å². The second-order valence-electron chi connectivity index (χ2n) is 18.2. The van der Waals surface area contributed by atoms with E-state index in [4.69, 9.17) is 0 Å². The summed E-state index contributed by atoms with van der Waals surface area (Å²) >= 11 is 0. The first kappa shape index (κ1) is 60.4. The lowest BCUT2D eigenvalue weighted by Gasteiger charge is -2.32. The minimum absolute atomic E-state index is 0.0544. The third kappa shape index (κ3) is 29.2. The molecule has 0 radical (unpaired) electrons. The van der Waals surface area contributed by atoms with E-state index in [9.17, 15) is 38.4 Å². The Hall–Kier alpha value is -5.66. The largest absolute Gasteiger partial charge is 0.350 e. The number of rotatable bonds is 17. The van der Waals surface area contributed by atoms with Crippen LogP contribution in [0.4, 0.5) is 0 Å². The number of hydrogen-bond acceptors (Lipinski definition) is 11. The van der Waals surface area contributed by atoms with E-state index in [0.717, 1.165) is 52.1 Å². The molecule has 19 nitrogen and oxygen atoms in total. The highest BCUT2D eigenvalue weighted by Crippen LogP contribution is 2.10. The summed E-state index contributed by atoms with van der Waals surface area (Å²) in [6.07, 6.45) is 15.7. The van der Waals surface area contributed by atoms with Gasteiger partial charge in [-0.2, -0.15) is 0 Å². The van der Waals surface area contributed by atoms with Gasteiger partial charge in [0, 0.05) is 126 Å². The monoisotopic (exact) mass is 954 g/mol. The Labute approximate surface area is 405 Å². The lowest BCUT2D eigenvalue weighted by Crippen LogP contribution is -2.50. The van der Waals surface area contributed by atoms with Gasteiger partial charge in [0.2, 0.25) is 47.3 Å². The fourth-order valence-electron chi connectivity index (χ4n) is 6.73. The number of hydrogen-bond donors (Lipinski definition) is 5. The third-order valence-corrected chi connectivity index (χ3v) is 10.0. The molecule has 0 aromatic carbocycles. The average Bonchev–Trinajstić information content (AvgIpc) is 3.22. The van der Waals surface area contributed by atoms with Gasteiger partial charge in [0.15, 0.2) is 0 Å². The SMILES string of the molecule is C=C1CN(C/C=C/C(=O)NC(C)C)CC(=O)N1.CC(C)NC(=O)/C=C/CN1CCCCC1=O.CC(C)NC(=O)/C=C/CN1CCN(C)CC1=O.CCN1CCN(C/C=C/C(=O)NC(C)C)C(=O)C1. The molecule has 19 heteroatoms. The maximum atomic E-state index is 11.8. The number of nitrogens with one attached hydrogen (secondary N) is 5. The van der Waals surface area contributed by atoms with Gasteiger partial charge in [-0.05, 0) is 81.8 Å². The van der Waals surface area contributed by atoms with Gasteiger partial charge in [-0.3, -0.25) is 53.1 Å². The number of piperidine rings is 1. The van der Waals surface area contributed by atoms with Gasteiger partial charge in [0.05, 0.1) is 19.6 Å². The summed E-state index contributed by atoms with van der Waals surface area (Å²) in [7, 11) is 1.93. The van der Waals surface area contributed by atoms with E-state index in [-0.39, 0.29) is 71.4 Å². The van der Waals surface area contributed by atoms with Crippen molar-refractivity contribution in [2.45, 2.75) is 106 Å². The van der Waals surface area contributed by atoms with Crippen molar-refractivity contribution in [1.82, 2.24) is 56.0 Å². The van der Waals surface area contributed by atoms with Crippen molar-refractivity contribution in [3.63, 3.8) is 0 Å². The van der Waals surface area contributed by atoms with Gasteiger partial charge in [-0.25, -0.2) is 0 Å². The van der Waals surface area contributed by atoms with Crippen LogP contribution < -0.4 is 26.6 Å². The molecule has 4 saturated heterocycles. The number of nitrogens with zero attached hydrogens (tertiary/aromatic N) is 6. The molecule has 0 aliphatic carbocycles. The Balaban J connectivity index is 0.000000454. The molecule has 0 saturated carbocycles. The van der Waals surface area contributed by atoms with E-state index in [1.807, 2.05) is 72.2 Å². The minimum Gasteiger partial charge on any atom is -0.350 e. The zero-order chi connectivity index (χ0) is 51.2. The molecule has 8 amide bonds.